The van der Waals surface area contributed by atoms with Crippen molar-refractivity contribution < 1.29 is 27.0 Å². The molecule has 0 bridgehead atoms. The smallest absolute Gasteiger partial charge is 0.434 e. The van der Waals surface area contributed by atoms with E-state index in [1.807, 2.05) is 6.92 Å². The molecule has 4 aromatic heterocycles. The summed E-state index contributed by atoms with van der Waals surface area (Å²) in [5.41, 5.74) is 2.79. The minimum Gasteiger partial charge on any atom is -0.480 e. The molecule has 0 spiro atoms. The molecule has 13 heteroatoms. The van der Waals surface area contributed by atoms with Crippen molar-refractivity contribution in [2.45, 2.75) is 38.5 Å². The number of alkyl halides is 3. The highest BCUT2D eigenvalue weighted by atomic mass is 19.4. The molecule has 1 aromatic carbocycles. The summed E-state index contributed by atoms with van der Waals surface area (Å²) in [5.74, 6) is 0.358. The predicted octanol–water partition coefficient (Wildman–Crippen LogP) is 5.75. The lowest BCUT2D eigenvalue weighted by molar-refractivity contribution is -0.140. The van der Waals surface area contributed by atoms with Gasteiger partial charge >= 0.3 is 6.18 Å². The van der Waals surface area contributed by atoms with Crippen molar-refractivity contribution in [3.8, 4) is 34.5 Å². The van der Waals surface area contributed by atoms with Gasteiger partial charge in [-0.25, -0.2) is 24.3 Å². The number of rotatable bonds is 7. The lowest BCUT2D eigenvalue weighted by Crippen LogP contribution is -2.05. The molecule has 0 aliphatic heterocycles. The summed E-state index contributed by atoms with van der Waals surface area (Å²) >= 11 is 0. The number of fused-ring (bicyclic) bond motifs is 1. The lowest BCUT2D eigenvalue weighted by atomic mass is 10.1. The number of halogens is 4. The van der Waals surface area contributed by atoms with Crippen LogP contribution in [-0.2, 0) is 19.8 Å². The number of nitrogens with one attached hydrogen (secondary N) is 1. The van der Waals surface area contributed by atoms with Gasteiger partial charge in [0.05, 0.1) is 23.9 Å². The molecule has 1 aliphatic rings. The number of nitrogens with zero attached hydrogens (tertiary/aromatic N) is 6. The number of benzene rings is 1. The van der Waals surface area contributed by atoms with Crippen LogP contribution in [0, 0.1) is 12.7 Å². The van der Waals surface area contributed by atoms with E-state index in [0.29, 0.717) is 33.9 Å². The van der Waals surface area contributed by atoms with E-state index in [-0.39, 0.29) is 29.8 Å². The van der Waals surface area contributed by atoms with Crippen molar-refractivity contribution in [1.29, 1.82) is 0 Å². The molecule has 40 heavy (non-hydrogen) atoms. The van der Waals surface area contributed by atoms with Crippen LogP contribution in [-0.4, -0.2) is 41.6 Å². The molecule has 0 atom stereocenters. The lowest BCUT2D eigenvalue weighted by Gasteiger charge is -2.13. The number of aryl methyl sites for hydroxylation is 2. The van der Waals surface area contributed by atoms with Crippen molar-refractivity contribution in [2.75, 3.05) is 7.11 Å². The molecule has 0 unspecified atom stereocenters. The van der Waals surface area contributed by atoms with E-state index in [9.17, 15) is 13.2 Å². The fourth-order valence-corrected chi connectivity index (χ4v) is 4.57. The van der Waals surface area contributed by atoms with Crippen molar-refractivity contribution >= 4 is 11.0 Å². The van der Waals surface area contributed by atoms with Crippen LogP contribution in [0.15, 0.2) is 36.9 Å². The van der Waals surface area contributed by atoms with Crippen LogP contribution in [0.5, 0.6) is 11.8 Å². The number of aromatic nitrogens is 7. The summed E-state index contributed by atoms with van der Waals surface area (Å²) in [6.45, 7) is 1.84. The molecule has 9 nitrogen and oxygen atoms in total. The van der Waals surface area contributed by atoms with E-state index in [1.54, 1.807) is 12.3 Å². The first-order chi connectivity index (χ1) is 19.1. The second-order valence-corrected chi connectivity index (χ2v) is 9.63. The van der Waals surface area contributed by atoms with Gasteiger partial charge in [0.15, 0.2) is 11.5 Å². The molecule has 0 saturated heterocycles. The van der Waals surface area contributed by atoms with Crippen LogP contribution < -0.4 is 9.47 Å². The minimum absolute atomic E-state index is 0.0581. The van der Waals surface area contributed by atoms with Gasteiger partial charge in [0.25, 0.3) is 0 Å². The predicted molar refractivity (Wildman–Crippen MR) is 136 cm³/mol. The molecule has 0 radical (unpaired) electrons. The van der Waals surface area contributed by atoms with E-state index >= 15 is 4.39 Å². The van der Waals surface area contributed by atoms with Gasteiger partial charge < -0.3 is 19.0 Å². The molecular weight excluding hydrogens is 530 g/mol. The van der Waals surface area contributed by atoms with Crippen LogP contribution in [0.4, 0.5) is 17.6 Å². The summed E-state index contributed by atoms with van der Waals surface area (Å²) in [4.78, 5) is 24.8. The molecule has 1 aliphatic carbocycles. The number of imidazole rings is 1. The van der Waals surface area contributed by atoms with Crippen molar-refractivity contribution in [3.63, 3.8) is 0 Å². The van der Waals surface area contributed by atoms with Crippen LogP contribution in [0.1, 0.15) is 41.3 Å². The Bertz CT molecular complexity index is 1740. The Kier molecular flexibility index (Phi) is 6.15. The zero-order valence-electron chi connectivity index (χ0n) is 21.7. The Hall–Kier alpha value is -4.55. The quantitative estimate of drug-likeness (QED) is 0.256. The Morgan fingerprint density at radius 1 is 1.10 bits per heavy atom. The maximum atomic E-state index is 15.0. The van der Waals surface area contributed by atoms with E-state index in [2.05, 4.69) is 24.9 Å². The van der Waals surface area contributed by atoms with E-state index in [4.69, 9.17) is 14.5 Å². The monoisotopic (exact) mass is 553 g/mol. The maximum absolute atomic E-state index is 15.0. The van der Waals surface area contributed by atoms with Crippen LogP contribution >= 0.6 is 0 Å². The Balaban J connectivity index is 1.33. The molecule has 5 aromatic rings. The summed E-state index contributed by atoms with van der Waals surface area (Å²) in [7, 11) is 2.90. The topological polar surface area (TPSA) is 104 Å². The van der Waals surface area contributed by atoms with Crippen molar-refractivity contribution in [3.05, 3.63) is 65.3 Å². The van der Waals surface area contributed by atoms with Gasteiger partial charge in [-0.3, -0.25) is 0 Å². The highest BCUT2D eigenvalue weighted by molar-refractivity contribution is 5.85. The maximum Gasteiger partial charge on any atom is 0.434 e. The molecule has 206 valence electrons. The zero-order chi connectivity index (χ0) is 28.2. The molecular formula is C27H23F4N7O2. The Labute approximate surface area is 225 Å². The van der Waals surface area contributed by atoms with Crippen molar-refractivity contribution in [1.82, 2.24) is 34.5 Å². The van der Waals surface area contributed by atoms with Gasteiger partial charge in [0.1, 0.15) is 35.7 Å². The summed E-state index contributed by atoms with van der Waals surface area (Å²) in [5, 5.41) is 0. The first kappa shape index (κ1) is 25.7. The fraction of sp³-hybridized carbons (Fsp3) is 0.296. The molecule has 0 amide bonds. The van der Waals surface area contributed by atoms with Gasteiger partial charge in [-0.05, 0) is 43.0 Å². The van der Waals surface area contributed by atoms with Crippen LogP contribution in [0.25, 0.3) is 33.8 Å². The standard InChI is InChI=1S/C27H23F4N7O2/c1-13-9-32-22-20(13)36-23(19-21(15-5-6-15)33-12-34-25(19)39-3)37-26(22)40-11-14-4-7-16(17(28)8-14)24-35-18(10-38(24)2)27(29,30)31/h4,7-10,12,15,32H,5-6,11H2,1-3H3. The normalized spacial score (nSPS) is 13.7. The second kappa shape index (κ2) is 9.57. The van der Waals surface area contributed by atoms with Gasteiger partial charge in [0.2, 0.25) is 11.8 Å². The molecule has 1 fully saturated rings. The van der Waals surface area contributed by atoms with Crippen LogP contribution in [0.2, 0.25) is 0 Å². The number of hydrogen-bond donors (Lipinski definition) is 1. The SMILES string of the molecule is COc1ncnc(C2CC2)c1-c1nc(OCc2ccc(-c3nc(C(F)(F)F)cn3C)c(F)c2)c2[nH]cc(C)c2n1. The number of H-pyrrole nitrogens is 1. The highest BCUT2D eigenvalue weighted by Crippen LogP contribution is 2.45. The first-order valence-corrected chi connectivity index (χ1v) is 12.4. The number of methoxy groups -OCH3 is 1. The Morgan fingerprint density at radius 3 is 2.58 bits per heavy atom. The summed E-state index contributed by atoms with van der Waals surface area (Å²) in [6, 6.07) is 4.15. The van der Waals surface area contributed by atoms with Gasteiger partial charge in [0, 0.05) is 25.4 Å². The molecule has 6 rings (SSSR count). The van der Waals surface area contributed by atoms with Gasteiger partial charge in [-0.1, -0.05) is 6.07 Å². The number of aromatic amines is 1. The highest BCUT2D eigenvalue weighted by Gasteiger charge is 2.35. The third-order valence-electron chi connectivity index (χ3n) is 6.72. The van der Waals surface area contributed by atoms with Crippen molar-refractivity contribution in [2.24, 2.45) is 7.05 Å². The van der Waals surface area contributed by atoms with Crippen LogP contribution in [0.3, 0.4) is 0 Å². The van der Waals surface area contributed by atoms with Gasteiger partial charge in [-0.2, -0.15) is 18.2 Å². The van der Waals surface area contributed by atoms with E-state index in [0.717, 1.165) is 34.9 Å². The number of ether oxygens (including phenoxy) is 2. The molecule has 4 heterocycles. The average Bonchev–Trinajstić information content (AvgIpc) is 3.60. The Morgan fingerprint density at radius 2 is 1.90 bits per heavy atom. The average molecular weight is 554 g/mol. The fourth-order valence-electron chi connectivity index (χ4n) is 4.57. The zero-order valence-corrected chi connectivity index (χ0v) is 21.7. The van der Waals surface area contributed by atoms with Gasteiger partial charge in [-0.15, -0.1) is 0 Å². The largest absolute Gasteiger partial charge is 0.480 e. The summed E-state index contributed by atoms with van der Waals surface area (Å²) < 4.78 is 66.9. The minimum atomic E-state index is -4.63. The number of hydrogen-bond acceptors (Lipinski definition) is 7. The van der Waals surface area contributed by atoms with E-state index < -0.39 is 17.7 Å². The second-order valence-electron chi connectivity index (χ2n) is 9.63. The third-order valence-corrected chi connectivity index (χ3v) is 6.72. The first-order valence-electron chi connectivity index (χ1n) is 12.4. The van der Waals surface area contributed by atoms with E-state index in [1.165, 1.54) is 32.6 Å². The molecule has 1 saturated carbocycles. The third kappa shape index (κ3) is 4.61. The molecule has 1 N–H and O–H groups in total. The summed E-state index contributed by atoms with van der Waals surface area (Å²) in [6.07, 6.45) is 1.43.